The fourth-order valence-electron chi connectivity index (χ4n) is 2.84. The molecule has 0 aromatic carbocycles. The Morgan fingerprint density at radius 1 is 1.21 bits per heavy atom. The summed E-state index contributed by atoms with van der Waals surface area (Å²) in [6.45, 7) is 10.5. The molecule has 4 nitrogen and oxygen atoms in total. The third-order valence-corrected chi connectivity index (χ3v) is 3.69. The number of nitrogens with zero attached hydrogens (tertiary/aromatic N) is 1. The van der Waals surface area contributed by atoms with Crippen LogP contribution in [0.3, 0.4) is 0 Å². The van der Waals surface area contributed by atoms with Crippen molar-refractivity contribution in [2.45, 2.75) is 83.9 Å². The Kier molecular flexibility index (Phi) is 5.25. The summed E-state index contributed by atoms with van der Waals surface area (Å²) in [5.74, 6) is 0. The van der Waals surface area contributed by atoms with Gasteiger partial charge in [0, 0.05) is 11.6 Å². The average Bonchev–Trinajstić information content (AvgIpc) is 2.66. The van der Waals surface area contributed by atoms with E-state index in [2.05, 4.69) is 13.8 Å². The van der Waals surface area contributed by atoms with E-state index in [0.717, 1.165) is 19.3 Å². The summed E-state index contributed by atoms with van der Waals surface area (Å²) < 4.78 is 5.59. The molecule has 1 aliphatic rings. The van der Waals surface area contributed by atoms with Crippen molar-refractivity contribution in [3.63, 3.8) is 0 Å². The van der Waals surface area contributed by atoms with Crippen LogP contribution in [-0.4, -0.2) is 34.7 Å². The van der Waals surface area contributed by atoms with Crippen LogP contribution in [0.25, 0.3) is 0 Å². The number of hydrogen-bond acceptors (Lipinski definition) is 3. The lowest BCUT2D eigenvalue weighted by Gasteiger charge is -2.43. The summed E-state index contributed by atoms with van der Waals surface area (Å²) in [4.78, 5) is 14.5. The number of amides is 1. The molecule has 0 heterocycles. The first-order valence-electron chi connectivity index (χ1n) is 7.40. The molecular formula is C15H30N2O2. The Balaban J connectivity index is 2.88. The number of nitrogens with two attached hydrogens (primary N) is 1. The van der Waals surface area contributed by atoms with Crippen molar-refractivity contribution in [1.29, 1.82) is 0 Å². The fourth-order valence-corrected chi connectivity index (χ4v) is 2.84. The van der Waals surface area contributed by atoms with Crippen LogP contribution in [-0.2, 0) is 4.74 Å². The van der Waals surface area contributed by atoms with E-state index in [4.69, 9.17) is 10.5 Å². The van der Waals surface area contributed by atoms with Gasteiger partial charge < -0.3 is 15.4 Å². The highest BCUT2D eigenvalue weighted by Gasteiger charge is 2.39. The second-order valence-electron chi connectivity index (χ2n) is 7.14. The molecule has 0 spiro atoms. The van der Waals surface area contributed by atoms with Gasteiger partial charge in [-0.3, -0.25) is 0 Å². The van der Waals surface area contributed by atoms with Crippen LogP contribution in [0.15, 0.2) is 0 Å². The van der Waals surface area contributed by atoms with E-state index in [0.29, 0.717) is 12.6 Å². The van der Waals surface area contributed by atoms with E-state index >= 15 is 0 Å². The standard InChI is InChI=1S/C15H30N2O2/c1-14(2,3)19-13(18)17(12-8-6-7-9-12)15(4,5)10-11-16/h12H,6-11,16H2,1-5H3. The lowest BCUT2D eigenvalue weighted by molar-refractivity contribution is -0.0117. The van der Waals surface area contributed by atoms with E-state index in [-0.39, 0.29) is 11.6 Å². The zero-order valence-corrected chi connectivity index (χ0v) is 13.2. The molecule has 1 aliphatic carbocycles. The average molecular weight is 270 g/mol. The predicted molar refractivity (Wildman–Crippen MR) is 78.1 cm³/mol. The van der Waals surface area contributed by atoms with Crippen LogP contribution in [0, 0.1) is 0 Å². The molecule has 0 bridgehead atoms. The summed E-state index contributed by atoms with van der Waals surface area (Å²) in [6, 6.07) is 0.302. The highest BCUT2D eigenvalue weighted by Crippen LogP contribution is 2.32. The Bertz CT molecular complexity index is 302. The summed E-state index contributed by atoms with van der Waals surface area (Å²) in [6.07, 6.45) is 5.15. The minimum atomic E-state index is -0.452. The number of ether oxygens (including phenoxy) is 1. The highest BCUT2D eigenvalue weighted by molar-refractivity contribution is 5.69. The molecule has 1 rings (SSSR count). The molecular weight excluding hydrogens is 240 g/mol. The normalized spacial score (nSPS) is 17.6. The second-order valence-corrected chi connectivity index (χ2v) is 7.14. The third kappa shape index (κ3) is 4.68. The molecule has 19 heavy (non-hydrogen) atoms. The maximum atomic E-state index is 12.5. The molecule has 2 N–H and O–H groups in total. The van der Waals surface area contributed by atoms with Gasteiger partial charge in [0.05, 0.1) is 0 Å². The van der Waals surface area contributed by atoms with Crippen LogP contribution in [0.2, 0.25) is 0 Å². The summed E-state index contributed by atoms with van der Waals surface area (Å²) in [5, 5.41) is 0. The largest absolute Gasteiger partial charge is 0.444 e. The molecule has 0 radical (unpaired) electrons. The molecule has 0 aromatic heterocycles. The maximum absolute atomic E-state index is 12.5. The fraction of sp³-hybridized carbons (Fsp3) is 0.933. The highest BCUT2D eigenvalue weighted by atomic mass is 16.6. The van der Waals surface area contributed by atoms with Gasteiger partial charge in [-0.2, -0.15) is 0 Å². The van der Waals surface area contributed by atoms with Crippen LogP contribution in [0.4, 0.5) is 4.79 Å². The van der Waals surface area contributed by atoms with Crippen molar-refractivity contribution in [1.82, 2.24) is 4.90 Å². The Morgan fingerprint density at radius 2 is 1.74 bits per heavy atom. The summed E-state index contributed by atoms with van der Waals surface area (Å²) in [5.41, 5.74) is 5.00. The van der Waals surface area contributed by atoms with Crippen molar-refractivity contribution in [2.75, 3.05) is 6.54 Å². The SMILES string of the molecule is CC(C)(C)OC(=O)N(C1CCCC1)C(C)(C)CCN. The maximum Gasteiger partial charge on any atom is 0.410 e. The molecule has 1 saturated carbocycles. The molecule has 0 saturated heterocycles. The minimum Gasteiger partial charge on any atom is -0.444 e. The van der Waals surface area contributed by atoms with Gasteiger partial charge in [-0.05, 0) is 60.4 Å². The van der Waals surface area contributed by atoms with E-state index < -0.39 is 5.60 Å². The topological polar surface area (TPSA) is 55.6 Å². The van der Waals surface area contributed by atoms with E-state index in [1.165, 1.54) is 12.8 Å². The van der Waals surface area contributed by atoms with Gasteiger partial charge in [-0.1, -0.05) is 12.8 Å². The van der Waals surface area contributed by atoms with Crippen LogP contribution in [0.1, 0.15) is 66.7 Å². The summed E-state index contributed by atoms with van der Waals surface area (Å²) in [7, 11) is 0. The van der Waals surface area contributed by atoms with Crippen molar-refractivity contribution < 1.29 is 9.53 Å². The minimum absolute atomic E-state index is 0.196. The van der Waals surface area contributed by atoms with Crippen molar-refractivity contribution in [3.8, 4) is 0 Å². The number of hydrogen-bond donors (Lipinski definition) is 1. The lowest BCUT2D eigenvalue weighted by atomic mass is 9.95. The van der Waals surface area contributed by atoms with Gasteiger partial charge >= 0.3 is 6.09 Å². The molecule has 0 atom stereocenters. The Morgan fingerprint density at radius 3 is 2.16 bits per heavy atom. The number of carbonyl (C=O) groups is 1. The van der Waals surface area contributed by atoms with E-state index in [9.17, 15) is 4.79 Å². The van der Waals surface area contributed by atoms with Gasteiger partial charge in [0.2, 0.25) is 0 Å². The molecule has 112 valence electrons. The van der Waals surface area contributed by atoms with Gasteiger partial charge in [0.1, 0.15) is 5.60 Å². The Hall–Kier alpha value is -0.770. The summed E-state index contributed by atoms with van der Waals surface area (Å²) >= 11 is 0. The third-order valence-electron chi connectivity index (χ3n) is 3.69. The molecule has 0 unspecified atom stereocenters. The molecule has 4 heteroatoms. The van der Waals surface area contributed by atoms with Gasteiger partial charge in [-0.25, -0.2) is 4.79 Å². The lowest BCUT2D eigenvalue weighted by Crippen LogP contribution is -2.54. The zero-order chi connectivity index (χ0) is 14.7. The molecule has 1 amide bonds. The van der Waals surface area contributed by atoms with Gasteiger partial charge in [0.25, 0.3) is 0 Å². The smallest absolute Gasteiger partial charge is 0.410 e. The predicted octanol–water partition coefficient (Wildman–Crippen LogP) is 3.29. The first-order valence-corrected chi connectivity index (χ1v) is 7.40. The second kappa shape index (κ2) is 6.12. The quantitative estimate of drug-likeness (QED) is 0.852. The number of rotatable bonds is 4. The molecule has 1 fully saturated rings. The molecule has 0 aromatic rings. The zero-order valence-electron chi connectivity index (χ0n) is 13.2. The van der Waals surface area contributed by atoms with Crippen LogP contribution in [0.5, 0.6) is 0 Å². The van der Waals surface area contributed by atoms with Crippen molar-refractivity contribution >= 4 is 6.09 Å². The van der Waals surface area contributed by atoms with Gasteiger partial charge in [0.15, 0.2) is 0 Å². The van der Waals surface area contributed by atoms with Crippen LogP contribution < -0.4 is 5.73 Å². The number of carbonyl (C=O) groups excluding carboxylic acids is 1. The first kappa shape index (κ1) is 16.3. The van der Waals surface area contributed by atoms with E-state index in [1.54, 1.807) is 0 Å². The Labute approximate surface area is 117 Å². The van der Waals surface area contributed by atoms with Crippen LogP contribution >= 0.6 is 0 Å². The van der Waals surface area contributed by atoms with Crippen molar-refractivity contribution in [3.05, 3.63) is 0 Å². The molecule has 0 aliphatic heterocycles. The monoisotopic (exact) mass is 270 g/mol. The first-order chi connectivity index (χ1) is 8.67. The van der Waals surface area contributed by atoms with E-state index in [1.807, 2.05) is 25.7 Å². The van der Waals surface area contributed by atoms with Crippen molar-refractivity contribution in [2.24, 2.45) is 5.73 Å². The van der Waals surface area contributed by atoms with Gasteiger partial charge in [-0.15, -0.1) is 0 Å².